The molecule has 2 aliphatic heterocycles. The molecule has 3 rings (SSSR count). The van der Waals surface area contributed by atoms with Crippen molar-refractivity contribution in [3.8, 4) is 0 Å². The van der Waals surface area contributed by atoms with Crippen molar-refractivity contribution in [3.63, 3.8) is 0 Å². The van der Waals surface area contributed by atoms with Crippen LogP contribution >= 0.6 is 11.8 Å². The third-order valence-corrected chi connectivity index (χ3v) is 5.27. The second-order valence-electron chi connectivity index (χ2n) is 5.38. The highest BCUT2D eigenvalue weighted by molar-refractivity contribution is 8.00. The molecule has 0 aromatic heterocycles. The van der Waals surface area contributed by atoms with Gasteiger partial charge in [0, 0.05) is 13.0 Å². The molecule has 2 atom stereocenters. The largest absolute Gasteiger partial charge is 0.479 e. The Morgan fingerprint density at radius 3 is 2.90 bits per heavy atom. The molecule has 0 aliphatic carbocycles. The molecule has 1 aromatic rings. The topological polar surface area (TPSA) is 75.6 Å². The second kappa shape index (κ2) is 5.69. The number of carbonyl (C=O) groups is 2. The Kier molecular flexibility index (Phi) is 3.91. The van der Waals surface area contributed by atoms with Gasteiger partial charge in [0.05, 0.1) is 6.61 Å². The number of carboxylic acid groups (broad SMARTS) is 1. The van der Waals surface area contributed by atoms with Crippen molar-refractivity contribution in [2.24, 2.45) is 0 Å². The summed E-state index contributed by atoms with van der Waals surface area (Å²) in [7, 11) is 0. The Bertz CT molecular complexity index is 569. The highest BCUT2D eigenvalue weighted by atomic mass is 32.2. The van der Waals surface area contributed by atoms with E-state index in [1.54, 1.807) is 11.8 Å². The van der Waals surface area contributed by atoms with Crippen LogP contribution in [0.4, 0.5) is 0 Å². The zero-order valence-electron chi connectivity index (χ0n) is 11.5. The molecule has 21 heavy (non-hydrogen) atoms. The van der Waals surface area contributed by atoms with Crippen LogP contribution in [0.5, 0.6) is 0 Å². The van der Waals surface area contributed by atoms with Crippen molar-refractivity contribution in [1.82, 2.24) is 5.32 Å². The molecule has 1 aromatic carbocycles. The number of benzene rings is 1. The van der Waals surface area contributed by atoms with Crippen LogP contribution in [-0.2, 0) is 20.7 Å². The number of hydrogen-bond acceptors (Lipinski definition) is 4. The quantitative estimate of drug-likeness (QED) is 0.882. The van der Waals surface area contributed by atoms with Crippen molar-refractivity contribution in [3.05, 3.63) is 35.4 Å². The minimum Gasteiger partial charge on any atom is -0.479 e. The van der Waals surface area contributed by atoms with Gasteiger partial charge < -0.3 is 15.2 Å². The first-order valence-corrected chi connectivity index (χ1v) is 8.00. The monoisotopic (exact) mass is 307 g/mol. The van der Waals surface area contributed by atoms with E-state index in [0.717, 1.165) is 17.7 Å². The number of hydrogen-bond donors (Lipinski definition) is 2. The summed E-state index contributed by atoms with van der Waals surface area (Å²) in [5, 5.41) is 11.8. The van der Waals surface area contributed by atoms with Crippen LogP contribution in [0.3, 0.4) is 0 Å². The van der Waals surface area contributed by atoms with E-state index in [1.807, 2.05) is 24.3 Å². The highest BCUT2D eigenvalue weighted by Gasteiger charge is 2.45. The molecule has 2 N–H and O–H groups in total. The van der Waals surface area contributed by atoms with Crippen LogP contribution in [-0.4, -0.2) is 41.5 Å². The maximum absolute atomic E-state index is 12.6. The summed E-state index contributed by atoms with van der Waals surface area (Å²) in [5.41, 5.74) is 0.887. The molecule has 1 fully saturated rings. The van der Waals surface area contributed by atoms with Crippen LogP contribution in [0, 0.1) is 0 Å². The third kappa shape index (κ3) is 2.65. The van der Waals surface area contributed by atoms with Crippen molar-refractivity contribution < 1.29 is 19.4 Å². The van der Waals surface area contributed by atoms with Gasteiger partial charge in [-0.3, -0.25) is 4.79 Å². The van der Waals surface area contributed by atoms with Gasteiger partial charge in [-0.25, -0.2) is 4.79 Å². The van der Waals surface area contributed by atoms with E-state index in [9.17, 15) is 14.7 Å². The molecule has 0 radical (unpaired) electrons. The fourth-order valence-electron chi connectivity index (χ4n) is 2.80. The molecule has 5 nitrogen and oxygen atoms in total. The van der Waals surface area contributed by atoms with E-state index in [0.29, 0.717) is 13.0 Å². The van der Waals surface area contributed by atoms with Gasteiger partial charge in [-0.15, -0.1) is 11.8 Å². The van der Waals surface area contributed by atoms with Gasteiger partial charge in [-0.2, -0.15) is 0 Å². The van der Waals surface area contributed by atoms with Crippen LogP contribution in [0.1, 0.15) is 22.8 Å². The molecule has 1 saturated heterocycles. The third-order valence-electron chi connectivity index (χ3n) is 4.03. The fraction of sp³-hybridized carbons (Fsp3) is 0.467. The smallest absolute Gasteiger partial charge is 0.331 e. The lowest BCUT2D eigenvalue weighted by molar-refractivity contribution is -0.147. The Balaban J connectivity index is 1.82. The molecule has 2 heterocycles. The molecule has 2 aliphatic rings. The number of aryl methyl sites for hydroxylation is 1. The summed E-state index contributed by atoms with van der Waals surface area (Å²) in [6, 6.07) is 7.86. The SMILES string of the molecule is O=C(NC1(C(=O)O)CCOC1)C1SCCc2ccccc21. The minimum atomic E-state index is -1.27. The molecule has 0 saturated carbocycles. The minimum absolute atomic E-state index is 0.0348. The number of ether oxygens (including phenoxy) is 1. The van der Waals surface area contributed by atoms with E-state index >= 15 is 0 Å². The van der Waals surface area contributed by atoms with Gasteiger partial charge in [-0.05, 0) is 23.3 Å². The average molecular weight is 307 g/mol. The van der Waals surface area contributed by atoms with Crippen molar-refractivity contribution in [2.45, 2.75) is 23.6 Å². The lowest BCUT2D eigenvalue weighted by atomic mass is 9.97. The lowest BCUT2D eigenvalue weighted by Crippen LogP contribution is -2.56. The second-order valence-corrected chi connectivity index (χ2v) is 6.59. The van der Waals surface area contributed by atoms with Gasteiger partial charge >= 0.3 is 5.97 Å². The van der Waals surface area contributed by atoms with E-state index in [2.05, 4.69) is 5.32 Å². The molecular weight excluding hydrogens is 290 g/mol. The van der Waals surface area contributed by atoms with Crippen LogP contribution in [0.2, 0.25) is 0 Å². The highest BCUT2D eigenvalue weighted by Crippen LogP contribution is 2.37. The summed E-state index contributed by atoms with van der Waals surface area (Å²) in [6.45, 7) is 0.397. The number of nitrogens with one attached hydrogen (secondary N) is 1. The standard InChI is InChI=1S/C15H17NO4S/c17-13(16-15(14(18)19)6-7-20-9-15)12-11-4-2-1-3-10(11)5-8-21-12/h1-4,12H,5-9H2,(H,16,17)(H,18,19). The zero-order chi connectivity index (χ0) is 14.9. The van der Waals surface area contributed by atoms with Gasteiger partial charge in [0.15, 0.2) is 5.54 Å². The van der Waals surface area contributed by atoms with Gasteiger partial charge in [0.25, 0.3) is 0 Å². The maximum atomic E-state index is 12.6. The molecule has 0 bridgehead atoms. The number of carboxylic acids is 1. The Hall–Kier alpha value is -1.53. The number of amides is 1. The number of fused-ring (bicyclic) bond motifs is 1. The first-order valence-electron chi connectivity index (χ1n) is 6.95. The fourth-order valence-corrected chi connectivity index (χ4v) is 3.99. The summed E-state index contributed by atoms with van der Waals surface area (Å²) >= 11 is 1.56. The molecule has 0 spiro atoms. The number of rotatable bonds is 3. The summed E-state index contributed by atoms with van der Waals surface area (Å²) in [4.78, 5) is 24.1. The molecule has 2 unspecified atom stereocenters. The van der Waals surface area contributed by atoms with Crippen molar-refractivity contribution >= 4 is 23.6 Å². The van der Waals surface area contributed by atoms with Crippen LogP contribution in [0.25, 0.3) is 0 Å². The van der Waals surface area contributed by atoms with E-state index < -0.39 is 11.5 Å². The normalized spacial score (nSPS) is 27.9. The first-order chi connectivity index (χ1) is 10.1. The molecular formula is C15H17NO4S. The summed E-state index contributed by atoms with van der Waals surface area (Å²) in [5.74, 6) is -0.395. The zero-order valence-corrected chi connectivity index (χ0v) is 12.3. The summed E-state index contributed by atoms with van der Waals surface area (Å²) in [6.07, 6.45) is 1.25. The Labute approximate surface area is 127 Å². The first kappa shape index (κ1) is 14.4. The number of carbonyl (C=O) groups excluding carboxylic acids is 1. The van der Waals surface area contributed by atoms with Gasteiger partial charge in [0.2, 0.25) is 5.91 Å². The van der Waals surface area contributed by atoms with E-state index in [4.69, 9.17) is 4.74 Å². The predicted octanol–water partition coefficient (Wildman–Crippen LogP) is 1.38. The molecule has 1 amide bonds. The van der Waals surface area contributed by atoms with Crippen LogP contribution in [0.15, 0.2) is 24.3 Å². The van der Waals surface area contributed by atoms with E-state index in [-0.39, 0.29) is 17.8 Å². The van der Waals surface area contributed by atoms with Gasteiger partial charge in [0.1, 0.15) is 5.25 Å². The predicted molar refractivity (Wildman–Crippen MR) is 79.3 cm³/mol. The Morgan fingerprint density at radius 2 is 2.19 bits per heavy atom. The van der Waals surface area contributed by atoms with Gasteiger partial charge in [-0.1, -0.05) is 24.3 Å². The van der Waals surface area contributed by atoms with E-state index in [1.165, 1.54) is 5.56 Å². The summed E-state index contributed by atoms with van der Waals surface area (Å²) < 4.78 is 5.18. The number of thioether (sulfide) groups is 1. The van der Waals surface area contributed by atoms with Crippen molar-refractivity contribution in [2.75, 3.05) is 19.0 Å². The Morgan fingerprint density at radius 1 is 1.38 bits per heavy atom. The average Bonchev–Trinajstić information content (AvgIpc) is 2.96. The van der Waals surface area contributed by atoms with Crippen molar-refractivity contribution in [1.29, 1.82) is 0 Å². The number of aliphatic carboxylic acids is 1. The maximum Gasteiger partial charge on any atom is 0.331 e. The molecule has 112 valence electrons. The lowest BCUT2D eigenvalue weighted by Gasteiger charge is -2.29. The molecule has 6 heteroatoms. The van der Waals surface area contributed by atoms with Crippen LogP contribution < -0.4 is 5.32 Å².